The van der Waals surface area contributed by atoms with Crippen LogP contribution < -0.4 is 26.7 Å². The third kappa shape index (κ3) is 11.0. The Labute approximate surface area is 336 Å². The summed E-state index contributed by atoms with van der Waals surface area (Å²) < 4.78 is 24.4. The van der Waals surface area contributed by atoms with E-state index in [0.717, 1.165) is 32.7 Å². The van der Waals surface area contributed by atoms with Gasteiger partial charge in [-0.3, -0.25) is 14.5 Å². The summed E-state index contributed by atoms with van der Waals surface area (Å²) in [6.07, 6.45) is 0. The van der Waals surface area contributed by atoms with Crippen molar-refractivity contribution >= 4 is 22.8 Å². The minimum absolute atomic E-state index is 0.00410. The molecule has 2 aliphatic heterocycles. The average molecular weight is 788 g/mol. The van der Waals surface area contributed by atoms with E-state index in [1.807, 2.05) is 0 Å². The van der Waals surface area contributed by atoms with Crippen LogP contribution in [0.3, 0.4) is 0 Å². The van der Waals surface area contributed by atoms with Gasteiger partial charge in [0.1, 0.15) is 30.4 Å². The van der Waals surface area contributed by atoms with Gasteiger partial charge < -0.3 is 35.5 Å². The first-order chi connectivity index (χ1) is 26.8. The van der Waals surface area contributed by atoms with E-state index in [-0.39, 0.29) is 73.9 Å². The van der Waals surface area contributed by atoms with Crippen molar-refractivity contribution < 1.29 is 28.2 Å². The zero-order valence-corrected chi connectivity index (χ0v) is 35.1. The van der Waals surface area contributed by atoms with Gasteiger partial charge >= 0.3 is 5.97 Å². The molecule has 5 N–H and O–H groups in total. The van der Waals surface area contributed by atoms with Crippen LogP contribution >= 0.6 is 0 Å². The van der Waals surface area contributed by atoms with Gasteiger partial charge in [-0.25, -0.2) is 9.18 Å². The summed E-state index contributed by atoms with van der Waals surface area (Å²) >= 11 is 0. The highest BCUT2D eigenvalue weighted by Crippen LogP contribution is 2.42. The van der Waals surface area contributed by atoms with Crippen LogP contribution in [0.15, 0.2) is 63.8 Å². The molecule has 0 radical (unpaired) electrons. The second-order valence-electron chi connectivity index (χ2n) is 18.4. The molecule has 1 fully saturated rings. The molecular weight excluding hydrogens is 726 g/mol. The largest absolute Gasteiger partial charge is 0.508 e. The Kier molecular flexibility index (Phi) is 13.9. The fourth-order valence-corrected chi connectivity index (χ4v) is 7.66. The van der Waals surface area contributed by atoms with Gasteiger partial charge in [0, 0.05) is 98.1 Å². The predicted molar refractivity (Wildman–Crippen MR) is 225 cm³/mol. The number of rotatable bonds is 8. The smallest absolute Gasteiger partial charge is 0.338 e. The first kappa shape index (κ1) is 43.8. The number of halogens is 1. The van der Waals surface area contributed by atoms with Crippen LogP contribution in [0.1, 0.15) is 83.0 Å². The number of carbonyl (C=O) groups is 2. The highest BCUT2D eigenvalue weighted by molar-refractivity contribution is 6.09. The van der Waals surface area contributed by atoms with Gasteiger partial charge in [-0.2, -0.15) is 0 Å². The number of phenolic OH excluding ortho intramolecular Hbond substituents is 1. The fourth-order valence-electron chi connectivity index (χ4n) is 7.66. The molecule has 0 saturated carbocycles. The molecule has 1 saturated heterocycles. The van der Waals surface area contributed by atoms with Gasteiger partial charge in [0.15, 0.2) is 5.43 Å². The number of amides is 1. The fraction of sp³-hybridized carbons (Fsp3) is 0.533. The molecule has 3 unspecified atom stereocenters. The molecule has 11 nitrogen and oxygen atoms in total. The first-order valence-electron chi connectivity index (χ1n) is 20.1. The number of fused-ring (bicyclic) bond motifs is 2. The van der Waals surface area contributed by atoms with E-state index in [2.05, 4.69) is 88.5 Å². The van der Waals surface area contributed by atoms with E-state index in [0.29, 0.717) is 35.2 Å². The van der Waals surface area contributed by atoms with Gasteiger partial charge in [-0.05, 0) is 58.2 Å². The Morgan fingerprint density at radius 1 is 0.895 bits per heavy atom. The van der Waals surface area contributed by atoms with E-state index < -0.39 is 19.3 Å². The molecule has 2 heterocycles. The number of nitrogens with one attached hydrogen (secondary N) is 4. The molecule has 0 spiro atoms. The maximum absolute atomic E-state index is 13.7. The van der Waals surface area contributed by atoms with Crippen LogP contribution in [0.5, 0.6) is 5.75 Å². The van der Waals surface area contributed by atoms with E-state index in [1.54, 1.807) is 24.3 Å². The van der Waals surface area contributed by atoms with E-state index >= 15 is 0 Å². The summed E-state index contributed by atoms with van der Waals surface area (Å²) in [6.45, 7) is 24.3. The maximum Gasteiger partial charge on any atom is 0.338 e. The molecule has 3 aliphatic rings. The van der Waals surface area contributed by atoms with Crippen molar-refractivity contribution in [2.45, 2.75) is 80.4 Å². The quantitative estimate of drug-likeness (QED) is 0.0998. The number of esters is 1. The zero-order valence-electron chi connectivity index (χ0n) is 35.1. The minimum atomic E-state index is -0.869. The molecule has 0 aromatic heterocycles. The topological polar surface area (TPSA) is 145 Å². The van der Waals surface area contributed by atoms with Crippen molar-refractivity contribution in [2.75, 3.05) is 59.1 Å². The van der Waals surface area contributed by atoms with E-state index in [4.69, 9.17) is 9.15 Å². The highest BCUT2D eigenvalue weighted by Gasteiger charge is 2.41. The van der Waals surface area contributed by atoms with Gasteiger partial charge in [0.25, 0.3) is 5.91 Å². The molecule has 0 bridgehead atoms. The number of carbonyl (C=O) groups excluding carboxylic acids is 2. The number of hydrogen-bond donors (Lipinski definition) is 5. The summed E-state index contributed by atoms with van der Waals surface area (Å²) in [5, 5.41) is 25.5. The second-order valence-corrected chi connectivity index (χ2v) is 18.4. The zero-order chi connectivity index (χ0) is 41.7. The van der Waals surface area contributed by atoms with Gasteiger partial charge in [0.2, 0.25) is 0 Å². The third-order valence-electron chi connectivity index (χ3n) is 10.8. The number of hydrogen-bond acceptors (Lipinski definition) is 10. The molecule has 2 aromatic rings. The Morgan fingerprint density at radius 3 is 2.28 bits per heavy atom. The SMILES string of the molecule is CC(C)(C)C1CNCCN(CCNC(=O)c2ccc(-c3c4ccc(=O)cc-4oc4cc(O)ccc34)c(C(=O)OCCF)c2)CCNC(C(C)(C)C)C(C(C)(C)C)N1. The lowest BCUT2D eigenvalue weighted by Gasteiger charge is -2.48. The molecule has 12 heteroatoms. The highest BCUT2D eigenvalue weighted by atomic mass is 19.1. The van der Waals surface area contributed by atoms with Gasteiger partial charge in [-0.1, -0.05) is 68.4 Å². The monoisotopic (exact) mass is 787 g/mol. The lowest BCUT2D eigenvalue weighted by atomic mass is 9.71. The van der Waals surface area contributed by atoms with Crippen molar-refractivity contribution in [1.82, 2.24) is 26.2 Å². The Morgan fingerprint density at radius 2 is 1.60 bits per heavy atom. The van der Waals surface area contributed by atoms with Crippen molar-refractivity contribution in [3.8, 4) is 28.2 Å². The van der Waals surface area contributed by atoms with Crippen molar-refractivity contribution in [2.24, 2.45) is 16.2 Å². The summed E-state index contributed by atoms with van der Waals surface area (Å²) in [4.78, 5) is 41.8. The second kappa shape index (κ2) is 18.1. The normalized spacial score (nSPS) is 19.5. The molecule has 3 atom stereocenters. The molecule has 1 aliphatic carbocycles. The maximum atomic E-state index is 13.7. The molecule has 2 aromatic carbocycles. The summed E-state index contributed by atoms with van der Waals surface area (Å²) in [6, 6.07) is 14.3. The molecule has 1 amide bonds. The Bertz CT molecular complexity index is 2050. The Hall–Kier alpha value is -4.36. The van der Waals surface area contributed by atoms with Crippen LogP contribution in [0.4, 0.5) is 4.39 Å². The standard InChI is InChI=1S/C45H62FN5O6/c1-43(2,3)37-27-47-17-20-51(21-18-48-39(44(4,5)6)40(50-37)45(7,8)9)22-19-49-41(54)28-10-13-31(34(24-28)42(55)56-23-16-46)38-32-14-11-29(52)25-35(32)57-36-26-30(53)12-15-33(36)38/h10-15,24-26,37,39-40,47-48,50,52H,16-23,27H2,1-9H3,(H,49,54). The average Bonchev–Trinajstić information content (AvgIpc) is 3.11. The van der Waals surface area contributed by atoms with Gasteiger partial charge in [-0.15, -0.1) is 0 Å². The van der Waals surface area contributed by atoms with Crippen LogP contribution in [-0.4, -0.2) is 99.1 Å². The number of alkyl halides is 1. The Balaban J connectivity index is 1.38. The number of ether oxygens (including phenoxy) is 1. The third-order valence-corrected chi connectivity index (χ3v) is 10.8. The van der Waals surface area contributed by atoms with Gasteiger partial charge in [0.05, 0.1) is 5.56 Å². The van der Waals surface area contributed by atoms with Crippen LogP contribution in [0.25, 0.3) is 33.4 Å². The van der Waals surface area contributed by atoms with E-state index in [9.17, 15) is 23.9 Å². The summed E-state index contributed by atoms with van der Waals surface area (Å²) in [5.41, 5.74) is 1.81. The number of aromatic hydroxyl groups is 1. The molecular formula is C45H62FN5O6. The lowest BCUT2D eigenvalue weighted by molar-refractivity contribution is 0.0482. The predicted octanol–water partition coefficient (Wildman–Crippen LogP) is 6.46. The number of benzene rings is 3. The number of phenols is 1. The lowest BCUT2D eigenvalue weighted by Crippen LogP contribution is -2.65. The summed E-state index contributed by atoms with van der Waals surface area (Å²) in [7, 11) is 0. The molecule has 310 valence electrons. The number of nitrogens with zero attached hydrogens (tertiary/aromatic N) is 1. The molecule has 57 heavy (non-hydrogen) atoms. The van der Waals surface area contributed by atoms with Crippen molar-refractivity contribution in [1.29, 1.82) is 0 Å². The van der Waals surface area contributed by atoms with Crippen LogP contribution in [0.2, 0.25) is 0 Å². The first-order valence-corrected chi connectivity index (χ1v) is 20.1. The van der Waals surface area contributed by atoms with E-state index in [1.165, 1.54) is 30.3 Å². The van der Waals surface area contributed by atoms with Crippen molar-refractivity contribution in [3.63, 3.8) is 0 Å². The minimum Gasteiger partial charge on any atom is -0.508 e. The molecule has 5 rings (SSSR count). The van der Waals surface area contributed by atoms with Crippen LogP contribution in [-0.2, 0) is 4.74 Å². The van der Waals surface area contributed by atoms with Crippen molar-refractivity contribution in [3.05, 3.63) is 75.9 Å². The van der Waals surface area contributed by atoms with Crippen LogP contribution in [0, 0.1) is 16.2 Å². The summed E-state index contributed by atoms with van der Waals surface area (Å²) in [5.74, 6) is -0.963.